The molecule has 0 bridgehead atoms. The Morgan fingerprint density at radius 3 is 2.69 bits per heavy atom. The standard InChI is InChI=1S/C19H34N8O8/c20-3-1-2-7(21)4-10(30)24-13-14(31)15(35-18(22)33)9(6-28)34-17(13)27-19-25-11-8(29)5-23-16(32)12(11)26-19/h5,7-9,11-15,17,19,25-29,31H,1-4,6,20-21H2,(H2,22,33)(H,24,30)/t7-,8+,9+,11+,12-,13+,14-,15-,17+,19?/m0/s1. The molecule has 0 spiro atoms. The van der Waals surface area contributed by atoms with Gasteiger partial charge in [0.05, 0.1) is 18.7 Å². The molecule has 1 unspecified atom stereocenters. The van der Waals surface area contributed by atoms with Gasteiger partial charge in [-0.15, -0.1) is 0 Å². The van der Waals surface area contributed by atoms with Crippen LogP contribution in [-0.2, 0) is 19.1 Å². The highest BCUT2D eigenvalue weighted by Gasteiger charge is 2.50. The summed E-state index contributed by atoms with van der Waals surface area (Å²) in [6, 6.07) is -3.16. The quantitative estimate of drug-likeness (QED) is 0.133. The Hall–Kier alpha value is -2.28. The van der Waals surface area contributed by atoms with Crippen molar-refractivity contribution < 1.29 is 39.2 Å². The molecule has 2 saturated heterocycles. The minimum absolute atomic E-state index is 0.0666. The predicted molar refractivity (Wildman–Crippen MR) is 119 cm³/mol. The van der Waals surface area contributed by atoms with Gasteiger partial charge in [0.15, 0.2) is 6.10 Å². The third-order valence-corrected chi connectivity index (χ3v) is 6.09. The van der Waals surface area contributed by atoms with Crippen molar-refractivity contribution in [2.24, 2.45) is 22.2 Å². The molecule has 198 valence electrons. The number of hydrogen-bond donors (Lipinski definition) is 10. The second-order valence-electron chi connectivity index (χ2n) is 8.70. The Balaban J connectivity index is 1.74. The molecule has 13 N–H and O–H groups in total. The van der Waals surface area contributed by atoms with Crippen LogP contribution in [0.15, 0.2) is 4.99 Å². The van der Waals surface area contributed by atoms with Crippen LogP contribution in [0.5, 0.6) is 0 Å². The van der Waals surface area contributed by atoms with Gasteiger partial charge >= 0.3 is 6.09 Å². The molecule has 3 amide bonds. The van der Waals surface area contributed by atoms with E-state index >= 15 is 0 Å². The molecular formula is C19H34N8O8. The van der Waals surface area contributed by atoms with Crippen LogP contribution < -0.4 is 38.5 Å². The van der Waals surface area contributed by atoms with Gasteiger partial charge in [0, 0.05) is 18.7 Å². The predicted octanol–water partition coefficient (Wildman–Crippen LogP) is -5.76. The summed E-state index contributed by atoms with van der Waals surface area (Å²) >= 11 is 0. The number of ether oxygens (including phenoxy) is 2. The highest BCUT2D eigenvalue weighted by molar-refractivity contribution is 5.94. The zero-order valence-electron chi connectivity index (χ0n) is 18.9. The minimum atomic E-state index is -1.53. The number of primary amides is 1. The molecule has 10 atom stereocenters. The van der Waals surface area contributed by atoms with Gasteiger partial charge < -0.3 is 47.3 Å². The van der Waals surface area contributed by atoms with Crippen LogP contribution in [0.2, 0.25) is 0 Å². The van der Waals surface area contributed by atoms with Gasteiger partial charge in [-0.2, -0.15) is 0 Å². The van der Waals surface area contributed by atoms with E-state index in [-0.39, 0.29) is 6.42 Å². The van der Waals surface area contributed by atoms with Crippen LogP contribution in [0.1, 0.15) is 19.3 Å². The molecule has 0 aromatic heterocycles. The molecule has 0 aromatic rings. The van der Waals surface area contributed by atoms with Crippen LogP contribution in [0.4, 0.5) is 4.79 Å². The number of hydrogen-bond acceptors (Lipinski definition) is 13. The highest BCUT2D eigenvalue weighted by Crippen LogP contribution is 2.24. The number of rotatable bonds is 10. The fraction of sp³-hybridized carbons (Fsp3) is 0.789. The molecule has 3 aliphatic heterocycles. The van der Waals surface area contributed by atoms with Crippen molar-refractivity contribution in [2.45, 2.75) is 80.4 Å². The van der Waals surface area contributed by atoms with Crippen molar-refractivity contribution in [1.29, 1.82) is 0 Å². The molecule has 35 heavy (non-hydrogen) atoms. The van der Waals surface area contributed by atoms with E-state index in [1.54, 1.807) is 0 Å². The summed E-state index contributed by atoms with van der Waals surface area (Å²) < 4.78 is 10.7. The Labute approximate surface area is 200 Å². The molecule has 0 saturated carbocycles. The number of aliphatic hydroxyl groups excluding tert-OH is 3. The number of amides is 3. The Morgan fingerprint density at radius 1 is 1.31 bits per heavy atom. The second kappa shape index (κ2) is 12.1. The Morgan fingerprint density at radius 2 is 2.06 bits per heavy atom. The van der Waals surface area contributed by atoms with Crippen LogP contribution in [0.3, 0.4) is 0 Å². The Bertz CT molecular complexity index is 803. The monoisotopic (exact) mass is 502 g/mol. The number of nitrogens with two attached hydrogens (primary N) is 3. The fourth-order valence-electron chi connectivity index (χ4n) is 4.37. The average Bonchev–Trinajstić information content (AvgIpc) is 3.24. The van der Waals surface area contributed by atoms with Gasteiger partial charge in [0.1, 0.15) is 36.9 Å². The number of carbonyl (C=O) groups excluding carboxylic acids is 3. The summed E-state index contributed by atoms with van der Waals surface area (Å²) in [6.07, 6.45) is -6.07. The molecule has 0 aromatic carbocycles. The molecule has 0 radical (unpaired) electrons. The van der Waals surface area contributed by atoms with Crippen LogP contribution in [0.25, 0.3) is 0 Å². The first kappa shape index (κ1) is 27.3. The number of aliphatic hydroxyl groups is 3. The number of aliphatic imine (C=N–C) groups is 1. The lowest BCUT2D eigenvalue weighted by molar-refractivity contribution is -0.204. The van der Waals surface area contributed by atoms with Crippen LogP contribution >= 0.6 is 0 Å². The maximum Gasteiger partial charge on any atom is 0.404 e. The van der Waals surface area contributed by atoms with Crippen molar-refractivity contribution in [2.75, 3.05) is 13.2 Å². The van der Waals surface area contributed by atoms with Crippen molar-refractivity contribution in [3.8, 4) is 0 Å². The van der Waals surface area contributed by atoms with Crippen molar-refractivity contribution >= 4 is 24.1 Å². The van der Waals surface area contributed by atoms with E-state index in [9.17, 15) is 29.7 Å². The average molecular weight is 503 g/mol. The summed E-state index contributed by atoms with van der Waals surface area (Å²) in [4.78, 5) is 39.7. The lowest BCUT2D eigenvalue weighted by Crippen LogP contribution is -2.71. The molecule has 3 aliphatic rings. The first-order valence-corrected chi connectivity index (χ1v) is 11.3. The Kier molecular flexibility index (Phi) is 9.45. The maximum atomic E-state index is 12.7. The van der Waals surface area contributed by atoms with E-state index in [0.717, 1.165) is 6.21 Å². The molecular weight excluding hydrogens is 468 g/mol. The first-order chi connectivity index (χ1) is 16.6. The minimum Gasteiger partial charge on any atom is -0.441 e. The molecule has 3 rings (SSSR count). The summed E-state index contributed by atoms with van der Waals surface area (Å²) in [5.74, 6) is -0.990. The first-order valence-electron chi connectivity index (χ1n) is 11.3. The smallest absolute Gasteiger partial charge is 0.404 e. The van der Waals surface area contributed by atoms with E-state index in [1.165, 1.54) is 0 Å². The fourth-order valence-corrected chi connectivity index (χ4v) is 4.37. The number of fused-ring (bicyclic) bond motifs is 1. The SMILES string of the molecule is NCCC[C@H](N)CC(=O)N[C@@H]1[C@H](O)[C@@H](OC(N)=O)[C@@H](CO)O[C@H]1NC1N[C@@H]2[C@H](O)C=NC(=O)[C@H]2N1. The molecule has 16 heteroatoms. The van der Waals surface area contributed by atoms with Gasteiger partial charge in [0.25, 0.3) is 5.91 Å². The summed E-state index contributed by atoms with van der Waals surface area (Å²) in [6.45, 7) is -0.212. The summed E-state index contributed by atoms with van der Waals surface area (Å²) in [7, 11) is 0. The molecule has 16 nitrogen and oxygen atoms in total. The van der Waals surface area contributed by atoms with Crippen LogP contribution in [-0.4, -0.2) is 114 Å². The molecule has 0 aliphatic carbocycles. The molecule has 3 heterocycles. The van der Waals surface area contributed by atoms with E-state index in [2.05, 4.69) is 26.3 Å². The van der Waals surface area contributed by atoms with Crippen molar-refractivity contribution in [1.82, 2.24) is 21.3 Å². The van der Waals surface area contributed by atoms with E-state index < -0.39 is 85.6 Å². The zero-order valence-corrected chi connectivity index (χ0v) is 18.9. The number of nitrogens with one attached hydrogen (secondary N) is 4. The molecule has 2 fully saturated rings. The van der Waals surface area contributed by atoms with Gasteiger partial charge in [-0.1, -0.05) is 0 Å². The third kappa shape index (κ3) is 6.69. The lowest BCUT2D eigenvalue weighted by Gasteiger charge is -2.44. The third-order valence-electron chi connectivity index (χ3n) is 6.09. The van der Waals surface area contributed by atoms with Crippen molar-refractivity contribution in [3.63, 3.8) is 0 Å². The van der Waals surface area contributed by atoms with Crippen LogP contribution in [0, 0.1) is 0 Å². The maximum absolute atomic E-state index is 12.7. The highest BCUT2D eigenvalue weighted by atomic mass is 16.6. The normalized spacial score (nSPS) is 37.5. The van der Waals surface area contributed by atoms with E-state index in [1.807, 2.05) is 0 Å². The lowest BCUT2D eigenvalue weighted by atomic mass is 9.95. The topological polar surface area (TPSA) is 269 Å². The largest absolute Gasteiger partial charge is 0.441 e. The van der Waals surface area contributed by atoms with Crippen molar-refractivity contribution in [3.05, 3.63) is 0 Å². The van der Waals surface area contributed by atoms with Gasteiger partial charge in [-0.25, -0.2) is 9.79 Å². The number of nitrogens with zero attached hydrogens (tertiary/aromatic N) is 1. The zero-order chi connectivity index (χ0) is 25.7. The summed E-state index contributed by atoms with van der Waals surface area (Å²) in [5, 5.41) is 42.3. The van der Waals surface area contributed by atoms with E-state index in [4.69, 9.17) is 26.7 Å². The second-order valence-corrected chi connectivity index (χ2v) is 8.70. The van der Waals surface area contributed by atoms with Gasteiger partial charge in [0.2, 0.25) is 5.91 Å². The summed E-state index contributed by atoms with van der Waals surface area (Å²) in [5.41, 5.74) is 16.5. The van der Waals surface area contributed by atoms with Gasteiger partial charge in [-0.05, 0) is 19.4 Å². The van der Waals surface area contributed by atoms with E-state index in [0.29, 0.717) is 19.4 Å². The number of carbonyl (C=O) groups is 3. The van der Waals surface area contributed by atoms with Gasteiger partial charge in [-0.3, -0.25) is 25.5 Å².